The highest BCUT2D eigenvalue weighted by Gasteiger charge is 2.50. The van der Waals surface area contributed by atoms with Gasteiger partial charge in [0.05, 0.1) is 0 Å². The molecule has 0 saturated heterocycles. The Bertz CT molecular complexity index is 484. The first kappa shape index (κ1) is 15.6. The first-order chi connectivity index (χ1) is 9.90. The molecule has 1 nitrogen and oxygen atoms in total. The summed E-state index contributed by atoms with van der Waals surface area (Å²) in [6.45, 7) is 10.4. The van der Waals surface area contributed by atoms with Gasteiger partial charge in [0.15, 0.2) is 0 Å². The lowest BCUT2D eigenvalue weighted by Gasteiger charge is -2.40. The Hall–Kier alpha value is -0.340. The van der Waals surface area contributed by atoms with Crippen LogP contribution < -0.4 is 5.32 Å². The van der Waals surface area contributed by atoms with Gasteiger partial charge in [0.1, 0.15) is 0 Å². The maximum absolute atomic E-state index is 3.84. The van der Waals surface area contributed by atoms with Crippen LogP contribution in [0.1, 0.15) is 63.1 Å². The predicted molar refractivity (Wildman–Crippen MR) is 93.0 cm³/mol. The molecule has 21 heavy (non-hydrogen) atoms. The van der Waals surface area contributed by atoms with Crippen LogP contribution in [0.3, 0.4) is 0 Å². The molecule has 2 saturated carbocycles. The van der Waals surface area contributed by atoms with Gasteiger partial charge < -0.3 is 5.32 Å². The Kier molecular flexibility index (Phi) is 4.22. The van der Waals surface area contributed by atoms with E-state index in [4.69, 9.17) is 0 Å². The lowest BCUT2D eigenvalue weighted by molar-refractivity contribution is 0.144. The van der Waals surface area contributed by atoms with Crippen LogP contribution in [-0.2, 0) is 12.8 Å². The molecule has 1 aromatic rings. The largest absolute Gasteiger partial charge is 0.311 e. The van der Waals surface area contributed by atoms with Crippen LogP contribution in [0.5, 0.6) is 0 Å². The van der Waals surface area contributed by atoms with E-state index in [1.54, 1.807) is 9.75 Å². The Morgan fingerprint density at radius 3 is 2.52 bits per heavy atom. The first-order valence-corrected chi connectivity index (χ1v) is 9.54. The van der Waals surface area contributed by atoms with Gasteiger partial charge in [0.25, 0.3) is 0 Å². The van der Waals surface area contributed by atoms with E-state index in [0.29, 0.717) is 5.41 Å². The molecule has 1 aromatic heterocycles. The van der Waals surface area contributed by atoms with Crippen molar-refractivity contribution in [2.45, 2.75) is 71.8 Å². The number of fused-ring (bicyclic) bond motifs is 2. The standard InChI is InChI=1S/C19H31NS/c1-5-16-8-9-17(21-16)12-19(13-20-18(2,3)4)11-14-6-7-15(19)10-14/h8-9,14-15,20H,5-7,10-13H2,1-4H3. The third kappa shape index (κ3) is 3.37. The molecular weight excluding hydrogens is 274 g/mol. The van der Waals surface area contributed by atoms with Crippen molar-refractivity contribution in [2.75, 3.05) is 6.54 Å². The molecule has 2 heteroatoms. The van der Waals surface area contributed by atoms with Crippen molar-refractivity contribution in [3.63, 3.8) is 0 Å². The van der Waals surface area contributed by atoms with E-state index in [1.165, 1.54) is 45.1 Å². The number of rotatable bonds is 5. The molecule has 2 bridgehead atoms. The van der Waals surface area contributed by atoms with Crippen molar-refractivity contribution in [1.29, 1.82) is 0 Å². The molecular formula is C19H31NS. The van der Waals surface area contributed by atoms with Gasteiger partial charge in [-0.1, -0.05) is 13.3 Å². The fourth-order valence-electron chi connectivity index (χ4n) is 4.55. The van der Waals surface area contributed by atoms with Crippen molar-refractivity contribution in [2.24, 2.45) is 17.3 Å². The SMILES string of the molecule is CCc1ccc(CC2(CNC(C)(C)C)CC3CCC2C3)s1. The van der Waals surface area contributed by atoms with E-state index >= 15 is 0 Å². The van der Waals surface area contributed by atoms with E-state index in [2.05, 4.69) is 56.5 Å². The number of hydrogen-bond acceptors (Lipinski definition) is 2. The van der Waals surface area contributed by atoms with Crippen molar-refractivity contribution in [1.82, 2.24) is 5.32 Å². The summed E-state index contributed by atoms with van der Waals surface area (Å²) in [5, 5.41) is 3.84. The summed E-state index contributed by atoms with van der Waals surface area (Å²) < 4.78 is 0. The van der Waals surface area contributed by atoms with Crippen molar-refractivity contribution in [3.05, 3.63) is 21.9 Å². The van der Waals surface area contributed by atoms with Crippen molar-refractivity contribution in [3.8, 4) is 0 Å². The van der Waals surface area contributed by atoms with E-state index in [0.717, 1.165) is 11.8 Å². The zero-order chi connectivity index (χ0) is 15.1. The lowest BCUT2D eigenvalue weighted by atomic mass is 9.70. The topological polar surface area (TPSA) is 12.0 Å². The second kappa shape index (κ2) is 5.70. The van der Waals surface area contributed by atoms with E-state index in [9.17, 15) is 0 Å². The molecule has 2 aliphatic rings. The quantitative estimate of drug-likeness (QED) is 0.803. The normalized spacial score (nSPS) is 32.0. The van der Waals surface area contributed by atoms with Gasteiger partial charge in [-0.25, -0.2) is 0 Å². The molecule has 0 amide bonds. The zero-order valence-corrected chi connectivity index (χ0v) is 15.0. The van der Waals surface area contributed by atoms with Gasteiger partial charge >= 0.3 is 0 Å². The lowest BCUT2D eigenvalue weighted by Crippen LogP contribution is -2.47. The summed E-state index contributed by atoms with van der Waals surface area (Å²) >= 11 is 2.05. The van der Waals surface area contributed by atoms with Crippen molar-refractivity contribution >= 4 is 11.3 Å². The van der Waals surface area contributed by atoms with E-state index < -0.39 is 0 Å². The molecule has 2 fully saturated rings. The Balaban J connectivity index is 1.76. The molecule has 118 valence electrons. The summed E-state index contributed by atoms with van der Waals surface area (Å²) in [7, 11) is 0. The smallest absolute Gasteiger partial charge is 0.00967 e. The highest BCUT2D eigenvalue weighted by Crippen LogP contribution is 2.57. The molecule has 0 aliphatic heterocycles. The van der Waals surface area contributed by atoms with Crippen LogP contribution in [-0.4, -0.2) is 12.1 Å². The molecule has 0 spiro atoms. The Morgan fingerprint density at radius 2 is 2.00 bits per heavy atom. The fraction of sp³-hybridized carbons (Fsp3) is 0.789. The average Bonchev–Trinajstić information content (AvgIpc) is 3.11. The van der Waals surface area contributed by atoms with Crippen LogP contribution in [0.15, 0.2) is 12.1 Å². The third-order valence-electron chi connectivity index (χ3n) is 5.67. The van der Waals surface area contributed by atoms with Gasteiger partial charge in [0, 0.05) is 21.8 Å². The van der Waals surface area contributed by atoms with Crippen molar-refractivity contribution < 1.29 is 0 Å². The first-order valence-electron chi connectivity index (χ1n) is 8.73. The summed E-state index contributed by atoms with van der Waals surface area (Å²) in [4.78, 5) is 3.17. The maximum Gasteiger partial charge on any atom is 0.00967 e. The van der Waals surface area contributed by atoms with E-state index in [1.807, 2.05) is 0 Å². The number of hydrogen-bond donors (Lipinski definition) is 1. The second-order valence-corrected chi connectivity index (χ2v) is 9.70. The van der Waals surface area contributed by atoms with Crippen LogP contribution in [0.25, 0.3) is 0 Å². The molecule has 2 aliphatic carbocycles. The highest BCUT2D eigenvalue weighted by molar-refractivity contribution is 7.11. The molecule has 0 radical (unpaired) electrons. The summed E-state index contributed by atoms with van der Waals surface area (Å²) in [5.74, 6) is 1.98. The minimum absolute atomic E-state index is 0.235. The summed E-state index contributed by atoms with van der Waals surface area (Å²) in [6.07, 6.45) is 8.42. The molecule has 3 unspecified atom stereocenters. The predicted octanol–water partition coefficient (Wildman–Crippen LogP) is 5.05. The average molecular weight is 306 g/mol. The Morgan fingerprint density at radius 1 is 1.24 bits per heavy atom. The van der Waals surface area contributed by atoms with Crippen LogP contribution in [0, 0.1) is 17.3 Å². The van der Waals surface area contributed by atoms with Gasteiger partial charge in [-0.15, -0.1) is 11.3 Å². The highest BCUT2D eigenvalue weighted by atomic mass is 32.1. The minimum atomic E-state index is 0.235. The molecule has 3 atom stereocenters. The molecule has 1 N–H and O–H groups in total. The number of thiophene rings is 1. The molecule has 1 heterocycles. The van der Waals surface area contributed by atoms with Crippen LogP contribution in [0.4, 0.5) is 0 Å². The van der Waals surface area contributed by atoms with Gasteiger partial charge in [0.2, 0.25) is 0 Å². The van der Waals surface area contributed by atoms with Crippen LogP contribution >= 0.6 is 11.3 Å². The number of aryl methyl sites for hydroxylation is 1. The van der Waals surface area contributed by atoms with Gasteiger partial charge in [-0.2, -0.15) is 0 Å². The monoisotopic (exact) mass is 305 g/mol. The summed E-state index contributed by atoms with van der Waals surface area (Å²) in [5.41, 5.74) is 0.769. The van der Waals surface area contributed by atoms with E-state index in [-0.39, 0.29) is 5.54 Å². The molecule has 0 aromatic carbocycles. The minimum Gasteiger partial charge on any atom is -0.311 e. The second-order valence-electron chi connectivity index (χ2n) is 8.44. The summed E-state index contributed by atoms with van der Waals surface area (Å²) in [6, 6.07) is 4.74. The molecule has 3 rings (SSSR count). The van der Waals surface area contributed by atoms with Gasteiger partial charge in [-0.3, -0.25) is 0 Å². The number of nitrogens with one attached hydrogen (secondary N) is 1. The fourth-order valence-corrected chi connectivity index (χ4v) is 5.66. The maximum atomic E-state index is 3.84. The third-order valence-corrected chi connectivity index (χ3v) is 6.89. The van der Waals surface area contributed by atoms with Crippen LogP contribution in [0.2, 0.25) is 0 Å². The van der Waals surface area contributed by atoms with Gasteiger partial charge in [-0.05, 0) is 82.3 Å². The Labute approximate surface area is 134 Å². The zero-order valence-electron chi connectivity index (χ0n) is 14.2.